The molecule has 0 aliphatic rings. The fraction of sp³-hybridized carbons (Fsp3) is 0.205. The van der Waals surface area contributed by atoms with Gasteiger partial charge in [0, 0.05) is 5.56 Å². The molecule has 0 aliphatic carbocycles. The van der Waals surface area contributed by atoms with E-state index in [9.17, 15) is 110 Å². The van der Waals surface area contributed by atoms with Crippen LogP contribution in [0.1, 0.15) is 54.9 Å². The summed E-state index contributed by atoms with van der Waals surface area (Å²) in [5.74, 6) is 0.0266. The molecule has 0 unspecified atom stereocenters. The van der Waals surface area contributed by atoms with Crippen LogP contribution in [0.4, 0.5) is 105 Å². The van der Waals surface area contributed by atoms with E-state index in [2.05, 4.69) is 4.98 Å². The Labute approximate surface area is 397 Å². The van der Waals surface area contributed by atoms with Gasteiger partial charge in [0.1, 0.15) is 12.3 Å². The Balaban J connectivity index is 0.000000520. The average molecular weight is 1100 g/mol. The van der Waals surface area contributed by atoms with E-state index in [1.165, 1.54) is 6.20 Å². The van der Waals surface area contributed by atoms with Crippen LogP contribution < -0.4 is 26.4 Å². The second-order valence-electron chi connectivity index (χ2n) is 15.5. The molecule has 0 amide bonds. The summed E-state index contributed by atoms with van der Waals surface area (Å²) in [7, 11) is 0. The van der Waals surface area contributed by atoms with Gasteiger partial charge in [0.05, 0.1) is 50.7 Å². The number of hydrogen-bond donors (Lipinski definition) is 0. The standard InChI is InChI=1S/C32H12BF24.C12H10ClN2O/c34-25(35,36)13-1-14(26(37,38)39)6-21(5-13)33(22-7-15(27(40,41)42)2-16(8-22)28(43,44)45,23-9-17(29(46,47)48)3-18(10-23)30(49,50)51)24-11-19(31(52,53)54)4-20(12-24)32(55,56)57;13-12-8-14-6-7-15(12)9-11(16)10-4-2-1-3-5-10/h1-12H;1-8H,9H2/q-1;+1. The molecular formula is C44H22BClF24N2O. The number of aromatic nitrogens is 2. The summed E-state index contributed by atoms with van der Waals surface area (Å²) in [6, 6.07) is 0.326. The lowest BCUT2D eigenvalue weighted by Crippen LogP contribution is -2.75. The number of rotatable bonds is 7. The molecule has 0 radical (unpaired) electrons. The molecular weight excluding hydrogens is 1070 g/mol. The van der Waals surface area contributed by atoms with Gasteiger partial charge in [0.2, 0.25) is 12.3 Å². The summed E-state index contributed by atoms with van der Waals surface area (Å²) >= 11 is 5.90. The van der Waals surface area contributed by atoms with Gasteiger partial charge in [-0.2, -0.15) is 132 Å². The highest BCUT2D eigenvalue weighted by Crippen LogP contribution is 2.41. The number of carbonyl (C=O) groups excluding carboxylic acids is 1. The number of hydrogen-bond acceptors (Lipinski definition) is 2. The maximum atomic E-state index is 14.2. The van der Waals surface area contributed by atoms with E-state index in [0.29, 0.717) is 10.7 Å². The molecule has 3 nitrogen and oxygen atoms in total. The molecule has 0 saturated heterocycles. The van der Waals surface area contributed by atoms with Crippen LogP contribution in [0.15, 0.2) is 122 Å². The lowest BCUT2D eigenvalue weighted by molar-refractivity contribution is -0.681. The van der Waals surface area contributed by atoms with Gasteiger partial charge in [-0.3, -0.25) is 9.78 Å². The third kappa shape index (κ3) is 13.4. The molecule has 0 saturated carbocycles. The van der Waals surface area contributed by atoms with Crippen molar-refractivity contribution in [1.82, 2.24) is 4.98 Å². The van der Waals surface area contributed by atoms with Crippen molar-refractivity contribution >= 4 is 45.4 Å². The lowest BCUT2D eigenvalue weighted by Gasteiger charge is -2.46. The van der Waals surface area contributed by atoms with Crippen molar-refractivity contribution in [3.05, 3.63) is 177 Å². The highest BCUT2D eigenvalue weighted by Gasteiger charge is 2.47. The van der Waals surface area contributed by atoms with Crippen LogP contribution in [-0.2, 0) is 56.0 Å². The van der Waals surface area contributed by atoms with Crippen molar-refractivity contribution in [1.29, 1.82) is 0 Å². The molecule has 0 aliphatic heterocycles. The molecule has 392 valence electrons. The molecule has 1 heterocycles. The summed E-state index contributed by atoms with van der Waals surface area (Å²) in [5.41, 5.74) is -29.5. The zero-order valence-corrected chi connectivity index (χ0v) is 35.8. The van der Waals surface area contributed by atoms with E-state index in [-0.39, 0.29) is 12.3 Å². The molecule has 5 aromatic carbocycles. The molecule has 0 bridgehead atoms. The second kappa shape index (κ2) is 19.8. The highest BCUT2D eigenvalue weighted by atomic mass is 35.5. The third-order valence-corrected chi connectivity index (χ3v) is 11.0. The Morgan fingerprint density at radius 1 is 0.411 bits per heavy atom. The summed E-state index contributed by atoms with van der Waals surface area (Å²) < 4.78 is 342. The normalized spacial score (nSPS) is 13.4. The van der Waals surface area contributed by atoms with Gasteiger partial charge >= 0.3 is 49.4 Å². The Morgan fingerprint density at radius 3 is 0.877 bits per heavy atom. The zero-order chi connectivity index (χ0) is 55.3. The van der Waals surface area contributed by atoms with Crippen molar-refractivity contribution < 1.29 is 115 Å². The molecule has 0 atom stereocenters. The van der Waals surface area contributed by atoms with Crippen molar-refractivity contribution in [2.75, 3.05) is 0 Å². The molecule has 29 heteroatoms. The minimum absolute atomic E-state index is 0.0266. The number of carbonyl (C=O) groups is 1. The van der Waals surface area contributed by atoms with E-state index in [0.717, 1.165) is 0 Å². The fourth-order valence-corrected chi connectivity index (χ4v) is 7.61. The Hall–Kier alpha value is -6.48. The van der Waals surface area contributed by atoms with Gasteiger partial charge in [0.25, 0.3) is 5.15 Å². The molecule has 6 aromatic rings. The predicted molar refractivity (Wildman–Crippen MR) is 210 cm³/mol. The highest BCUT2D eigenvalue weighted by molar-refractivity contribution is 7.20. The van der Waals surface area contributed by atoms with E-state index in [4.69, 9.17) is 11.6 Å². The summed E-state index contributed by atoms with van der Waals surface area (Å²) in [6.45, 7) is 0.228. The predicted octanol–water partition coefficient (Wildman–Crippen LogP) is 13.1. The van der Waals surface area contributed by atoms with Gasteiger partial charge < -0.3 is 0 Å². The number of Topliss-reactive ketones (excluding diaryl/α,β-unsaturated/α-hetero) is 1. The summed E-state index contributed by atoms with van der Waals surface area (Å²) in [6.07, 6.45) is -50.0. The number of benzene rings is 5. The van der Waals surface area contributed by atoms with Crippen LogP contribution in [0.5, 0.6) is 0 Å². The Kier molecular flexibility index (Phi) is 15.5. The topological polar surface area (TPSA) is 33.8 Å². The first-order valence-corrected chi connectivity index (χ1v) is 19.8. The summed E-state index contributed by atoms with van der Waals surface area (Å²) in [5, 5.41) is 0.451. The second-order valence-corrected chi connectivity index (χ2v) is 15.9. The minimum Gasteiger partial charge on any atom is -0.287 e. The van der Waals surface area contributed by atoms with E-state index >= 15 is 0 Å². The molecule has 1 aromatic heterocycles. The molecule has 0 fully saturated rings. The van der Waals surface area contributed by atoms with E-state index in [1.807, 2.05) is 18.2 Å². The largest absolute Gasteiger partial charge is 0.416 e. The Morgan fingerprint density at radius 2 is 0.658 bits per heavy atom. The van der Waals surface area contributed by atoms with Gasteiger partial charge in [-0.15, -0.1) is 0 Å². The SMILES string of the molecule is FC(F)(F)c1cc([B-](c2cc(C(F)(F)F)cc(C(F)(F)F)c2)(c2cc(C(F)(F)F)cc(C(F)(F)F)c2)c2cc(C(F)(F)F)cc(C(F)(F)F)c2)cc(C(F)(F)F)c1.O=C(C[n+]1ccncc1Cl)c1ccccc1. The monoisotopic (exact) mass is 1100 g/mol. The van der Waals surface area contributed by atoms with Crippen molar-refractivity contribution in [3.8, 4) is 0 Å². The summed E-state index contributed by atoms with van der Waals surface area (Å²) in [4.78, 5) is 15.7. The molecule has 0 spiro atoms. The molecule has 0 N–H and O–H groups in total. The van der Waals surface area contributed by atoms with Crippen molar-refractivity contribution in [3.63, 3.8) is 0 Å². The quantitative estimate of drug-likeness (QED) is 0.0691. The molecule has 6 rings (SSSR count). The number of ketones is 1. The number of alkyl halides is 24. The Bertz CT molecular complexity index is 2530. The van der Waals surface area contributed by atoms with Gasteiger partial charge in [0.15, 0.2) is 6.20 Å². The van der Waals surface area contributed by atoms with E-state index < -0.39 is 195 Å². The number of nitrogens with zero attached hydrogens (tertiary/aromatic N) is 2. The smallest absolute Gasteiger partial charge is 0.287 e. The first-order valence-electron chi connectivity index (χ1n) is 19.5. The number of halogens is 25. The third-order valence-electron chi connectivity index (χ3n) is 10.6. The van der Waals surface area contributed by atoms with Gasteiger partial charge in [-0.05, 0) is 35.9 Å². The van der Waals surface area contributed by atoms with Gasteiger partial charge in [-0.25, -0.2) is 0 Å². The first-order chi connectivity index (χ1) is 33.0. The maximum Gasteiger partial charge on any atom is 0.416 e. The van der Waals surface area contributed by atoms with E-state index in [1.54, 1.807) is 29.1 Å². The van der Waals surface area contributed by atoms with Crippen LogP contribution in [0.2, 0.25) is 5.15 Å². The van der Waals surface area contributed by atoms with Crippen LogP contribution in [0.3, 0.4) is 0 Å². The maximum absolute atomic E-state index is 14.2. The van der Waals surface area contributed by atoms with Gasteiger partial charge in [-0.1, -0.05) is 78.9 Å². The van der Waals surface area contributed by atoms with Crippen molar-refractivity contribution in [2.24, 2.45) is 0 Å². The molecule has 73 heavy (non-hydrogen) atoms. The van der Waals surface area contributed by atoms with Crippen LogP contribution >= 0.6 is 11.6 Å². The zero-order valence-electron chi connectivity index (χ0n) is 35.1. The van der Waals surface area contributed by atoms with Crippen LogP contribution in [-0.4, -0.2) is 16.9 Å². The van der Waals surface area contributed by atoms with Crippen LogP contribution in [0, 0.1) is 0 Å². The fourth-order valence-electron chi connectivity index (χ4n) is 7.44. The first kappa shape index (κ1) is 57.4. The average Bonchev–Trinajstić information content (AvgIpc) is 3.25. The van der Waals surface area contributed by atoms with Crippen molar-refractivity contribution in [2.45, 2.75) is 56.0 Å². The lowest BCUT2D eigenvalue weighted by atomic mass is 9.12. The minimum atomic E-state index is -6.13. The van der Waals surface area contributed by atoms with Crippen LogP contribution in [0.25, 0.3) is 0 Å².